The summed E-state index contributed by atoms with van der Waals surface area (Å²) >= 11 is 0. The van der Waals surface area contributed by atoms with Gasteiger partial charge in [-0.05, 0) is 63.1 Å². The first kappa shape index (κ1) is 17.9. The highest BCUT2D eigenvalue weighted by Crippen LogP contribution is 2.25. The van der Waals surface area contributed by atoms with Gasteiger partial charge in [0.2, 0.25) is 0 Å². The van der Waals surface area contributed by atoms with Gasteiger partial charge < -0.3 is 15.4 Å². The van der Waals surface area contributed by atoms with Gasteiger partial charge in [-0.15, -0.1) is 0 Å². The van der Waals surface area contributed by atoms with Crippen LogP contribution in [0.25, 0.3) is 0 Å². The molecule has 1 aliphatic carbocycles. The van der Waals surface area contributed by atoms with Gasteiger partial charge in [-0.1, -0.05) is 27.7 Å². The highest BCUT2D eigenvalue weighted by Gasteiger charge is 2.23. The van der Waals surface area contributed by atoms with Crippen molar-refractivity contribution in [3.63, 3.8) is 0 Å². The van der Waals surface area contributed by atoms with E-state index in [4.69, 9.17) is 10.5 Å². The molecule has 0 aromatic rings. The zero-order valence-electron chi connectivity index (χ0n) is 14.1. The van der Waals surface area contributed by atoms with Gasteiger partial charge in [0.1, 0.15) is 0 Å². The standard InChI is InChI=1S/C14H27NO.C3H9N.H2/c1-12(2)10-15-8-6-13(7-9-15)11-16-14-4-3-5-14;1-3(2)4;/h12-14H,3-11H2,1-2H3;3H,4H2,1-2H3;1H. The van der Waals surface area contributed by atoms with Crippen molar-refractivity contribution in [3.05, 3.63) is 0 Å². The Morgan fingerprint density at radius 2 is 1.65 bits per heavy atom. The molecule has 1 saturated carbocycles. The number of hydrogen-bond acceptors (Lipinski definition) is 3. The van der Waals surface area contributed by atoms with Crippen molar-refractivity contribution in [2.45, 2.75) is 71.9 Å². The second kappa shape index (κ2) is 9.75. The van der Waals surface area contributed by atoms with Crippen LogP contribution in [0.5, 0.6) is 0 Å². The Balaban J connectivity index is 0.000000715. The lowest BCUT2D eigenvalue weighted by Gasteiger charge is -2.34. The molecule has 2 N–H and O–H groups in total. The number of nitrogens with two attached hydrogens (primary N) is 1. The molecule has 20 heavy (non-hydrogen) atoms. The van der Waals surface area contributed by atoms with Crippen molar-refractivity contribution in [1.29, 1.82) is 0 Å². The molecule has 0 bridgehead atoms. The van der Waals surface area contributed by atoms with Crippen LogP contribution in [0.15, 0.2) is 0 Å². The summed E-state index contributed by atoms with van der Waals surface area (Å²) in [5.74, 6) is 1.65. The minimum absolute atomic E-state index is 0. The average Bonchev–Trinajstić information content (AvgIpc) is 2.28. The fraction of sp³-hybridized carbons (Fsp3) is 1.00. The molecular formula is C17H38N2O. The van der Waals surface area contributed by atoms with E-state index in [1.165, 1.54) is 51.7 Å². The molecule has 1 saturated heterocycles. The summed E-state index contributed by atoms with van der Waals surface area (Å²) in [7, 11) is 0. The molecule has 0 aromatic carbocycles. The number of nitrogens with zero attached hydrogens (tertiary/aromatic N) is 1. The van der Waals surface area contributed by atoms with Crippen LogP contribution >= 0.6 is 0 Å². The maximum absolute atomic E-state index is 5.92. The summed E-state index contributed by atoms with van der Waals surface area (Å²) in [4.78, 5) is 2.62. The Hall–Kier alpha value is -0.120. The minimum Gasteiger partial charge on any atom is -0.378 e. The van der Waals surface area contributed by atoms with Gasteiger partial charge in [0, 0.05) is 14.6 Å². The van der Waals surface area contributed by atoms with E-state index >= 15 is 0 Å². The first-order valence-corrected chi connectivity index (χ1v) is 8.57. The summed E-state index contributed by atoms with van der Waals surface area (Å²) in [6.45, 7) is 13.4. The quantitative estimate of drug-likeness (QED) is 0.840. The van der Waals surface area contributed by atoms with Crippen LogP contribution in [-0.4, -0.2) is 43.3 Å². The van der Waals surface area contributed by atoms with Crippen molar-refractivity contribution < 1.29 is 6.16 Å². The molecule has 122 valence electrons. The predicted molar refractivity (Wildman–Crippen MR) is 89.0 cm³/mol. The molecule has 3 heteroatoms. The van der Waals surface area contributed by atoms with Gasteiger partial charge in [-0.3, -0.25) is 0 Å². The van der Waals surface area contributed by atoms with E-state index in [2.05, 4.69) is 18.7 Å². The second-order valence-electron chi connectivity index (χ2n) is 7.27. The molecule has 0 unspecified atom stereocenters. The van der Waals surface area contributed by atoms with Crippen LogP contribution in [0.4, 0.5) is 0 Å². The van der Waals surface area contributed by atoms with Gasteiger partial charge >= 0.3 is 0 Å². The topological polar surface area (TPSA) is 38.5 Å². The maximum Gasteiger partial charge on any atom is 0.0575 e. The molecule has 2 rings (SSSR count). The predicted octanol–water partition coefficient (Wildman–Crippen LogP) is 3.52. The normalized spacial score (nSPS) is 21.8. The van der Waals surface area contributed by atoms with E-state index in [0.717, 1.165) is 18.4 Å². The van der Waals surface area contributed by atoms with Crippen LogP contribution in [-0.2, 0) is 4.74 Å². The number of ether oxygens (including phenoxy) is 1. The lowest BCUT2D eigenvalue weighted by molar-refractivity contribution is -0.0263. The van der Waals surface area contributed by atoms with E-state index in [1.807, 2.05) is 13.8 Å². The summed E-state index contributed by atoms with van der Waals surface area (Å²) in [6, 6.07) is 0.333. The maximum atomic E-state index is 5.92. The smallest absolute Gasteiger partial charge is 0.0575 e. The minimum atomic E-state index is 0. The third-order valence-corrected chi connectivity index (χ3v) is 3.95. The fourth-order valence-electron chi connectivity index (χ4n) is 2.66. The van der Waals surface area contributed by atoms with Crippen LogP contribution in [0, 0.1) is 11.8 Å². The Kier molecular flexibility index (Phi) is 8.74. The molecular weight excluding hydrogens is 248 g/mol. The summed E-state index contributed by atoms with van der Waals surface area (Å²) in [5.41, 5.74) is 5.11. The van der Waals surface area contributed by atoms with Gasteiger partial charge in [-0.25, -0.2) is 0 Å². The van der Waals surface area contributed by atoms with Gasteiger partial charge in [0.15, 0.2) is 0 Å². The Labute approximate surface area is 127 Å². The molecule has 0 atom stereocenters. The summed E-state index contributed by atoms with van der Waals surface area (Å²) in [5, 5.41) is 0. The molecule has 2 aliphatic rings. The zero-order valence-corrected chi connectivity index (χ0v) is 14.1. The SMILES string of the molecule is CC(C)CN1CCC(COC2CCC2)CC1.CC(C)N.[HH]. The molecule has 0 radical (unpaired) electrons. The van der Waals surface area contributed by atoms with Crippen molar-refractivity contribution in [1.82, 2.24) is 4.90 Å². The molecule has 1 aliphatic heterocycles. The third-order valence-electron chi connectivity index (χ3n) is 3.95. The summed E-state index contributed by atoms with van der Waals surface area (Å²) in [6.07, 6.45) is 7.32. The number of piperidine rings is 1. The number of rotatable bonds is 5. The van der Waals surface area contributed by atoms with Crippen LogP contribution in [0.2, 0.25) is 0 Å². The van der Waals surface area contributed by atoms with Gasteiger partial charge in [0.25, 0.3) is 0 Å². The first-order chi connectivity index (χ1) is 9.47. The van der Waals surface area contributed by atoms with E-state index in [-0.39, 0.29) is 1.43 Å². The summed E-state index contributed by atoms with van der Waals surface area (Å²) < 4.78 is 5.92. The molecule has 0 spiro atoms. The third kappa shape index (κ3) is 8.23. The van der Waals surface area contributed by atoms with Crippen LogP contribution in [0.1, 0.15) is 61.2 Å². The molecule has 0 aromatic heterocycles. The van der Waals surface area contributed by atoms with E-state index in [0.29, 0.717) is 12.1 Å². The molecule has 0 amide bonds. The van der Waals surface area contributed by atoms with Gasteiger partial charge in [0.05, 0.1) is 6.10 Å². The average molecular weight is 287 g/mol. The van der Waals surface area contributed by atoms with E-state index < -0.39 is 0 Å². The second-order valence-corrected chi connectivity index (χ2v) is 7.27. The van der Waals surface area contributed by atoms with Gasteiger partial charge in [-0.2, -0.15) is 0 Å². The molecule has 2 fully saturated rings. The van der Waals surface area contributed by atoms with Crippen molar-refractivity contribution in [3.8, 4) is 0 Å². The van der Waals surface area contributed by atoms with Crippen LogP contribution < -0.4 is 5.73 Å². The highest BCUT2D eigenvalue weighted by atomic mass is 16.5. The van der Waals surface area contributed by atoms with Crippen molar-refractivity contribution >= 4 is 0 Å². The largest absolute Gasteiger partial charge is 0.378 e. The Morgan fingerprint density at radius 1 is 1.10 bits per heavy atom. The monoisotopic (exact) mass is 286 g/mol. The van der Waals surface area contributed by atoms with Crippen molar-refractivity contribution in [2.75, 3.05) is 26.2 Å². The fourth-order valence-corrected chi connectivity index (χ4v) is 2.66. The first-order valence-electron chi connectivity index (χ1n) is 8.57. The lowest BCUT2D eigenvalue weighted by Crippen LogP contribution is -2.38. The molecule has 1 heterocycles. The highest BCUT2D eigenvalue weighted by molar-refractivity contribution is 4.75. The van der Waals surface area contributed by atoms with E-state index in [1.54, 1.807) is 0 Å². The zero-order chi connectivity index (χ0) is 15.0. The van der Waals surface area contributed by atoms with Crippen molar-refractivity contribution in [2.24, 2.45) is 17.6 Å². The van der Waals surface area contributed by atoms with E-state index in [9.17, 15) is 0 Å². The Morgan fingerprint density at radius 3 is 2.05 bits per heavy atom. The Bertz CT molecular complexity index is 234. The lowest BCUT2D eigenvalue weighted by atomic mass is 9.94. The molecule has 3 nitrogen and oxygen atoms in total. The van der Waals surface area contributed by atoms with Crippen LogP contribution in [0.3, 0.4) is 0 Å². The number of hydrogen-bond donors (Lipinski definition) is 1. The number of likely N-dealkylation sites (tertiary alicyclic amines) is 1.